The number of fused-ring (bicyclic) bond motifs is 1. The number of amides is 1. The van der Waals surface area contributed by atoms with Crippen LogP contribution in [0.15, 0.2) is 51.8 Å². The van der Waals surface area contributed by atoms with E-state index in [-0.39, 0.29) is 17.5 Å². The zero-order chi connectivity index (χ0) is 30.0. The Bertz CT molecular complexity index is 1240. The van der Waals surface area contributed by atoms with Crippen molar-refractivity contribution in [3.8, 4) is 5.75 Å². The van der Waals surface area contributed by atoms with E-state index < -0.39 is 0 Å². The third-order valence-electron chi connectivity index (χ3n) is 8.13. The van der Waals surface area contributed by atoms with E-state index in [1.807, 2.05) is 30.2 Å². The number of carbonyl (C=O) groups is 1. The Morgan fingerprint density at radius 3 is 2.41 bits per heavy atom. The van der Waals surface area contributed by atoms with Crippen LogP contribution in [0.1, 0.15) is 113 Å². The maximum absolute atomic E-state index is 13.5. The van der Waals surface area contributed by atoms with Gasteiger partial charge >= 0.3 is 0 Å². The topological polar surface area (TPSA) is 54.5 Å². The zero-order valence-corrected chi connectivity index (χ0v) is 28.3. The minimum Gasteiger partial charge on any atom is -0.497 e. The smallest absolute Gasteiger partial charge is 0.274 e. The Labute approximate surface area is 260 Å². The third-order valence-corrected chi connectivity index (χ3v) is 9.49. The van der Waals surface area contributed by atoms with Crippen LogP contribution in [0.25, 0.3) is 0 Å². The summed E-state index contributed by atoms with van der Waals surface area (Å²) in [4.78, 5) is 19.9. The number of benzene rings is 2. The van der Waals surface area contributed by atoms with Gasteiger partial charge in [0.25, 0.3) is 5.91 Å². The number of anilines is 1. The summed E-state index contributed by atoms with van der Waals surface area (Å²) in [5.41, 5.74) is 5.25. The lowest BCUT2D eigenvalue weighted by atomic mass is 9.87. The highest BCUT2D eigenvalue weighted by Gasteiger charge is 2.35. The second-order valence-electron chi connectivity index (χ2n) is 11.0. The lowest BCUT2D eigenvalue weighted by molar-refractivity contribution is 0.0689. The van der Waals surface area contributed by atoms with E-state index >= 15 is 0 Å². The molecule has 3 unspecified atom stereocenters. The van der Waals surface area contributed by atoms with E-state index in [2.05, 4.69) is 90.3 Å². The van der Waals surface area contributed by atoms with E-state index in [9.17, 15) is 4.79 Å². The highest BCUT2D eigenvalue weighted by Crippen LogP contribution is 2.40. The number of nitrogens with zero attached hydrogens (tertiary/aromatic N) is 2. The summed E-state index contributed by atoms with van der Waals surface area (Å²) in [5.74, 6) is 1.62. The molecular formula is C34H48BrN3O2S. The molecule has 41 heavy (non-hydrogen) atoms. The zero-order valence-electron chi connectivity index (χ0n) is 25.9. The lowest BCUT2D eigenvalue weighted by Crippen LogP contribution is -2.40. The van der Waals surface area contributed by atoms with Crippen molar-refractivity contribution < 1.29 is 9.53 Å². The summed E-state index contributed by atoms with van der Waals surface area (Å²) in [6.45, 7) is 13.6. The molecule has 0 radical (unpaired) electrons. The number of nitrogens with one attached hydrogen (secondary N) is 1. The molecular weight excluding hydrogens is 594 g/mol. The normalized spacial score (nSPS) is 21.1. The van der Waals surface area contributed by atoms with Crippen LogP contribution in [0.2, 0.25) is 0 Å². The number of unbranched alkanes of at least 4 members (excludes halogenated alkanes) is 1. The van der Waals surface area contributed by atoms with Crippen LogP contribution in [0.3, 0.4) is 0 Å². The summed E-state index contributed by atoms with van der Waals surface area (Å²) in [6, 6.07) is 14.7. The van der Waals surface area contributed by atoms with Gasteiger partial charge < -0.3 is 15.0 Å². The predicted molar refractivity (Wildman–Crippen MR) is 177 cm³/mol. The molecule has 0 saturated heterocycles. The summed E-state index contributed by atoms with van der Waals surface area (Å²) < 4.78 is 6.19. The second kappa shape index (κ2) is 15.7. The molecule has 224 valence electrons. The van der Waals surface area contributed by atoms with E-state index in [0.717, 1.165) is 38.8 Å². The van der Waals surface area contributed by atoms with Gasteiger partial charge in [0.2, 0.25) is 0 Å². The van der Waals surface area contributed by atoms with Crippen LogP contribution in [0.4, 0.5) is 5.69 Å². The monoisotopic (exact) mass is 641 g/mol. The molecule has 1 aromatic heterocycles. The first-order chi connectivity index (χ1) is 19.8. The number of carbonyl (C=O) groups excluding carboxylic acids is 1. The number of rotatable bonds is 7. The van der Waals surface area contributed by atoms with E-state index in [0.29, 0.717) is 12.2 Å². The average molecular weight is 643 g/mol. The van der Waals surface area contributed by atoms with Crippen molar-refractivity contribution in [2.75, 3.05) is 19.0 Å². The number of halogens is 1. The van der Waals surface area contributed by atoms with E-state index in [1.54, 1.807) is 7.11 Å². The molecule has 7 heteroatoms. The summed E-state index contributed by atoms with van der Waals surface area (Å²) in [6.07, 6.45) is 8.40. The van der Waals surface area contributed by atoms with Crippen molar-refractivity contribution >= 4 is 38.9 Å². The van der Waals surface area contributed by atoms with Gasteiger partial charge in [-0.2, -0.15) is 0 Å². The molecule has 0 spiro atoms. The van der Waals surface area contributed by atoms with Crippen LogP contribution in [-0.4, -0.2) is 35.0 Å². The van der Waals surface area contributed by atoms with Gasteiger partial charge in [-0.25, -0.2) is 4.98 Å². The Morgan fingerprint density at radius 1 is 1.15 bits per heavy atom. The number of ether oxygens (including phenoxy) is 1. The third kappa shape index (κ3) is 8.35. The molecule has 1 aliphatic carbocycles. The largest absolute Gasteiger partial charge is 0.497 e. The molecule has 3 atom stereocenters. The Kier molecular flexibility index (Phi) is 12.7. The number of hydrogen-bond donors (Lipinski definition) is 1. The fourth-order valence-corrected chi connectivity index (χ4v) is 6.71. The van der Waals surface area contributed by atoms with Crippen LogP contribution in [0.5, 0.6) is 5.75 Å². The van der Waals surface area contributed by atoms with Crippen LogP contribution in [-0.2, 0) is 6.42 Å². The number of thiazole rings is 1. The van der Waals surface area contributed by atoms with Crippen molar-refractivity contribution in [1.82, 2.24) is 9.88 Å². The van der Waals surface area contributed by atoms with Crippen LogP contribution >= 0.6 is 27.3 Å². The molecule has 1 saturated carbocycles. The Balaban J connectivity index is 0.000000710. The number of aromatic nitrogens is 1. The quantitative estimate of drug-likeness (QED) is 0.279. The van der Waals surface area contributed by atoms with Gasteiger partial charge in [0.15, 0.2) is 3.92 Å². The summed E-state index contributed by atoms with van der Waals surface area (Å²) >= 11 is 4.83. The van der Waals surface area contributed by atoms with Crippen molar-refractivity contribution in [3.05, 3.63) is 74.1 Å². The van der Waals surface area contributed by atoms with Crippen molar-refractivity contribution in [2.45, 2.75) is 98.1 Å². The molecule has 1 aliphatic heterocycles. The fraction of sp³-hybridized carbons (Fsp3) is 0.529. The molecule has 2 aromatic carbocycles. The molecule has 0 bridgehead atoms. The maximum Gasteiger partial charge on any atom is 0.274 e. The first-order valence-corrected chi connectivity index (χ1v) is 16.9. The molecule has 2 aliphatic rings. The molecule has 2 heterocycles. The maximum atomic E-state index is 13.5. The second-order valence-corrected chi connectivity index (χ2v) is 13.2. The predicted octanol–water partition coefficient (Wildman–Crippen LogP) is 9.92. The summed E-state index contributed by atoms with van der Waals surface area (Å²) in [7, 11) is 1.69. The number of methoxy groups -OCH3 is 1. The molecule has 1 N–H and O–H groups in total. The highest BCUT2D eigenvalue weighted by atomic mass is 79.9. The van der Waals surface area contributed by atoms with Gasteiger partial charge in [-0.15, -0.1) is 11.3 Å². The molecule has 1 amide bonds. The minimum atomic E-state index is -0.168. The van der Waals surface area contributed by atoms with Gasteiger partial charge in [-0.3, -0.25) is 4.79 Å². The molecule has 5 nitrogen and oxygen atoms in total. The SMILES string of the molecule is CC.CCC1CCC(C)(Nc2ccc(C3c4ccc(OC)cc4CCN3C(=O)c3csc(Br)n3)cc2)C1.CCCC. The van der Waals surface area contributed by atoms with Crippen LogP contribution < -0.4 is 10.1 Å². The van der Waals surface area contributed by atoms with Crippen molar-refractivity contribution in [1.29, 1.82) is 0 Å². The summed E-state index contributed by atoms with van der Waals surface area (Å²) in [5, 5.41) is 5.62. The van der Waals surface area contributed by atoms with Gasteiger partial charge in [-0.1, -0.05) is 72.1 Å². The highest BCUT2D eigenvalue weighted by molar-refractivity contribution is 9.11. The van der Waals surface area contributed by atoms with Gasteiger partial charge in [0, 0.05) is 23.2 Å². The van der Waals surface area contributed by atoms with Crippen molar-refractivity contribution in [3.63, 3.8) is 0 Å². The van der Waals surface area contributed by atoms with Crippen molar-refractivity contribution in [2.24, 2.45) is 5.92 Å². The Morgan fingerprint density at radius 2 is 1.85 bits per heavy atom. The molecule has 1 fully saturated rings. The lowest BCUT2D eigenvalue weighted by Gasteiger charge is -2.37. The molecule has 3 aromatic rings. The van der Waals surface area contributed by atoms with E-state index in [4.69, 9.17) is 4.74 Å². The van der Waals surface area contributed by atoms with Gasteiger partial charge in [0.1, 0.15) is 11.4 Å². The van der Waals surface area contributed by atoms with Crippen LogP contribution in [0, 0.1) is 5.92 Å². The first-order valence-electron chi connectivity index (χ1n) is 15.3. The Hall–Kier alpha value is -2.38. The van der Waals surface area contributed by atoms with E-state index in [1.165, 1.54) is 55.4 Å². The van der Waals surface area contributed by atoms with Gasteiger partial charge in [0.05, 0.1) is 13.2 Å². The number of hydrogen-bond acceptors (Lipinski definition) is 5. The van der Waals surface area contributed by atoms with Gasteiger partial charge in [-0.05, 0) is 95.4 Å². The average Bonchev–Trinajstić information content (AvgIpc) is 3.62. The first kappa shape index (κ1) is 33.1. The standard InChI is InChI=1S/C28H32BrN3O2S.C4H10.C2H6/c1-4-18-11-13-28(2,16-18)31-21-7-5-19(6-8-21)25-23-10-9-22(34-3)15-20(23)12-14-32(25)26(33)24-17-35-27(29)30-24;1-3-4-2;1-2/h5-10,15,17-18,25,31H,4,11-14,16H2,1-3H3;3-4H2,1-2H3;1-2H3. The molecule has 5 rings (SSSR count). The fourth-order valence-electron chi connectivity index (χ4n) is 5.73. The minimum absolute atomic E-state index is 0.0373.